The Bertz CT molecular complexity index is 754. The van der Waals surface area contributed by atoms with Crippen LogP contribution in [0.3, 0.4) is 0 Å². The highest BCUT2D eigenvalue weighted by Crippen LogP contribution is 2.37. The minimum absolute atomic E-state index is 0.180. The Kier molecular flexibility index (Phi) is 5.23. The fourth-order valence-electron chi connectivity index (χ4n) is 3.45. The second-order valence-electron chi connectivity index (χ2n) is 6.94. The van der Waals surface area contributed by atoms with E-state index in [0.717, 1.165) is 17.5 Å². The molecule has 0 fully saturated rings. The van der Waals surface area contributed by atoms with E-state index in [1.165, 1.54) is 9.78 Å². The van der Waals surface area contributed by atoms with Gasteiger partial charge in [0, 0.05) is 25.0 Å². The van der Waals surface area contributed by atoms with Crippen LogP contribution >= 0.6 is 11.3 Å². The first-order valence-corrected chi connectivity index (χ1v) is 9.54. The van der Waals surface area contributed by atoms with Crippen molar-refractivity contribution in [3.63, 3.8) is 0 Å². The second-order valence-corrected chi connectivity index (χ2v) is 7.94. The second kappa shape index (κ2) is 7.40. The number of rotatable bonds is 3. The summed E-state index contributed by atoms with van der Waals surface area (Å²) in [7, 11) is 1.71. The largest absolute Gasteiger partial charge is 0.337 e. The number of likely N-dealkylation sites (N-methyl/N-ethyl adjacent to an activating group) is 1. The summed E-state index contributed by atoms with van der Waals surface area (Å²) in [6.45, 7) is 5.24. The first-order valence-electron chi connectivity index (χ1n) is 8.66. The van der Waals surface area contributed by atoms with Gasteiger partial charge in [-0.2, -0.15) is 0 Å². The molecule has 1 aromatic carbocycles. The number of nitrogens with zero attached hydrogens (tertiary/aromatic N) is 2. The van der Waals surface area contributed by atoms with E-state index in [0.29, 0.717) is 19.0 Å². The van der Waals surface area contributed by atoms with Crippen molar-refractivity contribution in [2.24, 2.45) is 5.92 Å². The molecule has 1 atom stereocenters. The lowest BCUT2D eigenvalue weighted by molar-refractivity contribution is -0.152. The van der Waals surface area contributed by atoms with Gasteiger partial charge >= 0.3 is 11.8 Å². The molecule has 5 heteroatoms. The summed E-state index contributed by atoms with van der Waals surface area (Å²) in [6.07, 6.45) is 0.809. The Balaban J connectivity index is 1.92. The van der Waals surface area contributed by atoms with E-state index < -0.39 is 11.8 Å². The molecular weight excluding hydrogens is 332 g/mol. The Morgan fingerprint density at radius 3 is 2.64 bits per heavy atom. The molecule has 25 heavy (non-hydrogen) atoms. The van der Waals surface area contributed by atoms with Gasteiger partial charge in [-0.25, -0.2) is 0 Å². The van der Waals surface area contributed by atoms with Crippen LogP contribution in [0, 0.1) is 5.92 Å². The third-order valence-electron chi connectivity index (χ3n) is 4.51. The van der Waals surface area contributed by atoms with Crippen LogP contribution in [-0.4, -0.2) is 41.8 Å². The van der Waals surface area contributed by atoms with Gasteiger partial charge in [-0.05, 0) is 34.9 Å². The number of fused-ring (bicyclic) bond motifs is 1. The summed E-state index contributed by atoms with van der Waals surface area (Å²) in [4.78, 5) is 30.2. The molecule has 0 N–H and O–H groups in total. The normalized spacial score (nSPS) is 16.6. The Morgan fingerprint density at radius 1 is 1.24 bits per heavy atom. The summed E-state index contributed by atoms with van der Waals surface area (Å²) in [5.74, 6) is -0.501. The Morgan fingerprint density at radius 2 is 1.96 bits per heavy atom. The average molecular weight is 356 g/mol. The lowest BCUT2D eigenvalue weighted by Crippen LogP contribution is -2.48. The molecule has 2 aromatic rings. The van der Waals surface area contributed by atoms with E-state index >= 15 is 0 Å². The third kappa shape index (κ3) is 3.61. The van der Waals surface area contributed by atoms with Crippen molar-refractivity contribution >= 4 is 23.2 Å². The predicted octanol–water partition coefficient (Wildman–Crippen LogP) is 3.34. The van der Waals surface area contributed by atoms with Gasteiger partial charge in [0.05, 0.1) is 6.04 Å². The van der Waals surface area contributed by atoms with Crippen LogP contribution in [0.2, 0.25) is 0 Å². The fourth-order valence-corrected chi connectivity index (χ4v) is 4.35. The molecule has 2 heterocycles. The zero-order chi connectivity index (χ0) is 18.0. The molecule has 2 amide bonds. The van der Waals surface area contributed by atoms with Crippen LogP contribution in [0.4, 0.5) is 0 Å². The maximum atomic E-state index is 13.0. The maximum absolute atomic E-state index is 13.0. The molecule has 132 valence electrons. The quantitative estimate of drug-likeness (QED) is 0.792. The zero-order valence-corrected chi connectivity index (χ0v) is 15.8. The molecule has 3 rings (SSSR count). The van der Waals surface area contributed by atoms with Gasteiger partial charge in [0.2, 0.25) is 0 Å². The van der Waals surface area contributed by atoms with E-state index in [1.54, 1.807) is 23.3 Å². The Labute approximate surface area is 153 Å². The van der Waals surface area contributed by atoms with Gasteiger partial charge in [-0.3, -0.25) is 9.59 Å². The van der Waals surface area contributed by atoms with E-state index in [-0.39, 0.29) is 6.04 Å². The SMILES string of the molecule is CC(C)CN(C)C(=O)C(=O)N1CCc2sccc2C1c1ccccc1. The first-order chi connectivity index (χ1) is 12.0. The van der Waals surface area contributed by atoms with Gasteiger partial charge < -0.3 is 9.80 Å². The first kappa shape index (κ1) is 17.7. The molecule has 0 bridgehead atoms. The number of hydrogen-bond acceptors (Lipinski definition) is 3. The lowest BCUT2D eigenvalue weighted by atomic mass is 9.93. The van der Waals surface area contributed by atoms with Crippen molar-refractivity contribution in [3.05, 3.63) is 57.8 Å². The maximum Gasteiger partial charge on any atom is 0.312 e. The fraction of sp³-hybridized carbons (Fsp3) is 0.400. The van der Waals surface area contributed by atoms with Gasteiger partial charge in [0.1, 0.15) is 0 Å². The van der Waals surface area contributed by atoms with E-state index in [9.17, 15) is 9.59 Å². The van der Waals surface area contributed by atoms with Gasteiger partial charge in [0.15, 0.2) is 0 Å². The molecular formula is C20H24N2O2S. The van der Waals surface area contributed by atoms with Crippen LogP contribution in [0.1, 0.15) is 35.9 Å². The molecule has 1 unspecified atom stereocenters. The summed E-state index contributed by atoms with van der Waals surface area (Å²) in [6, 6.07) is 11.9. The number of carbonyl (C=O) groups excluding carboxylic acids is 2. The third-order valence-corrected chi connectivity index (χ3v) is 5.51. The van der Waals surface area contributed by atoms with Crippen molar-refractivity contribution in [1.82, 2.24) is 9.80 Å². The van der Waals surface area contributed by atoms with Gasteiger partial charge in [-0.1, -0.05) is 44.2 Å². The van der Waals surface area contributed by atoms with E-state index in [4.69, 9.17) is 0 Å². The van der Waals surface area contributed by atoms with Crippen molar-refractivity contribution in [1.29, 1.82) is 0 Å². The summed E-state index contributed by atoms with van der Waals surface area (Å²) < 4.78 is 0. The predicted molar refractivity (Wildman–Crippen MR) is 100 cm³/mol. The highest BCUT2D eigenvalue weighted by atomic mass is 32.1. The molecule has 1 aliphatic heterocycles. The van der Waals surface area contributed by atoms with Gasteiger partial charge in [0.25, 0.3) is 0 Å². The molecule has 0 spiro atoms. The zero-order valence-electron chi connectivity index (χ0n) is 14.9. The van der Waals surface area contributed by atoms with E-state index in [1.807, 2.05) is 44.2 Å². The summed E-state index contributed by atoms with van der Waals surface area (Å²) in [5.41, 5.74) is 2.20. The van der Waals surface area contributed by atoms with E-state index in [2.05, 4.69) is 11.4 Å². The molecule has 4 nitrogen and oxygen atoms in total. The van der Waals surface area contributed by atoms with Crippen LogP contribution < -0.4 is 0 Å². The minimum atomic E-state index is -0.423. The summed E-state index contributed by atoms with van der Waals surface area (Å²) in [5, 5.41) is 2.07. The topological polar surface area (TPSA) is 40.6 Å². The monoisotopic (exact) mass is 356 g/mol. The van der Waals surface area contributed by atoms with Crippen molar-refractivity contribution in [2.45, 2.75) is 26.3 Å². The number of thiophene rings is 1. The van der Waals surface area contributed by atoms with Crippen molar-refractivity contribution < 1.29 is 9.59 Å². The van der Waals surface area contributed by atoms with Crippen LogP contribution in [0.15, 0.2) is 41.8 Å². The lowest BCUT2D eigenvalue weighted by Gasteiger charge is -2.36. The molecule has 0 saturated carbocycles. The minimum Gasteiger partial charge on any atom is -0.337 e. The summed E-state index contributed by atoms with van der Waals surface area (Å²) >= 11 is 1.73. The van der Waals surface area contributed by atoms with Crippen LogP contribution in [-0.2, 0) is 16.0 Å². The van der Waals surface area contributed by atoms with Crippen LogP contribution in [0.5, 0.6) is 0 Å². The number of carbonyl (C=O) groups is 2. The smallest absolute Gasteiger partial charge is 0.312 e. The number of amides is 2. The molecule has 1 aliphatic rings. The number of hydrogen-bond donors (Lipinski definition) is 0. The van der Waals surface area contributed by atoms with Gasteiger partial charge in [-0.15, -0.1) is 11.3 Å². The van der Waals surface area contributed by atoms with Crippen molar-refractivity contribution in [3.8, 4) is 0 Å². The van der Waals surface area contributed by atoms with Crippen molar-refractivity contribution in [2.75, 3.05) is 20.1 Å². The number of benzene rings is 1. The Hall–Kier alpha value is -2.14. The van der Waals surface area contributed by atoms with Crippen LogP contribution in [0.25, 0.3) is 0 Å². The molecule has 0 aliphatic carbocycles. The average Bonchev–Trinajstić information content (AvgIpc) is 3.08. The molecule has 0 radical (unpaired) electrons. The molecule has 1 aromatic heterocycles. The molecule has 0 saturated heterocycles. The standard InChI is InChI=1S/C20H24N2O2S/c1-14(2)13-21(3)19(23)20(24)22-11-9-17-16(10-12-25-17)18(22)15-7-5-4-6-8-15/h4-8,10,12,14,18H,9,11,13H2,1-3H3. The highest BCUT2D eigenvalue weighted by Gasteiger charge is 2.36. The highest BCUT2D eigenvalue weighted by molar-refractivity contribution is 7.10.